The molecule has 1 aliphatic carbocycles. The fraction of sp³-hybridized carbons (Fsp3) is 0.778. The first kappa shape index (κ1) is 18.5. The Morgan fingerprint density at radius 1 is 1.22 bits per heavy atom. The Balaban J connectivity index is 2.29. The molecule has 0 amide bonds. The predicted molar refractivity (Wildman–Crippen MR) is 93.4 cm³/mol. The molecule has 0 aromatic carbocycles. The van der Waals surface area contributed by atoms with Gasteiger partial charge in [-0.3, -0.25) is 0 Å². The van der Waals surface area contributed by atoms with Crippen molar-refractivity contribution in [3.8, 4) is 0 Å². The zero-order valence-electron chi connectivity index (χ0n) is 14.5. The number of hydrogen-bond acceptors (Lipinski definition) is 4. The lowest BCUT2D eigenvalue weighted by Gasteiger charge is -2.26. The molecule has 1 saturated carbocycles. The Hall–Kier alpha value is -0.810. The van der Waals surface area contributed by atoms with Crippen LogP contribution in [0.5, 0.6) is 0 Å². The zero-order chi connectivity index (χ0) is 16.7. The molecule has 0 bridgehead atoms. The molecular formula is C18H31NO3S. The molecule has 5 heteroatoms. The van der Waals surface area contributed by atoms with Gasteiger partial charge in [0, 0.05) is 5.56 Å². The third kappa shape index (κ3) is 4.60. The van der Waals surface area contributed by atoms with Gasteiger partial charge in [-0.05, 0) is 45.2 Å². The summed E-state index contributed by atoms with van der Waals surface area (Å²) in [7, 11) is -1.45. The lowest BCUT2D eigenvalue weighted by Crippen LogP contribution is -2.33. The SMILES string of the molecule is CCCc1cocc1S(=O)(=O)C(CCNC)C1CCCCCC1. The molecule has 0 spiro atoms. The van der Waals surface area contributed by atoms with Crippen molar-refractivity contribution in [3.05, 3.63) is 18.1 Å². The molecule has 0 saturated heterocycles. The summed E-state index contributed by atoms with van der Waals surface area (Å²) >= 11 is 0. The van der Waals surface area contributed by atoms with Gasteiger partial charge in [-0.2, -0.15) is 0 Å². The topological polar surface area (TPSA) is 59.3 Å². The minimum atomic E-state index is -3.33. The van der Waals surface area contributed by atoms with Crippen molar-refractivity contribution >= 4 is 9.84 Å². The van der Waals surface area contributed by atoms with Gasteiger partial charge >= 0.3 is 0 Å². The van der Waals surface area contributed by atoms with E-state index >= 15 is 0 Å². The molecule has 1 aromatic heterocycles. The van der Waals surface area contributed by atoms with E-state index in [0.717, 1.165) is 50.6 Å². The molecule has 1 unspecified atom stereocenters. The minimum absolute atomic E-state index is 0.278. The maximum absolute atomic E-state index is 13.3. The van der Waals surface area contributed by atoms with Crippen LogP contribution in [0.4, 0.5) is 0 Å². The second-order valence-electron chi connectivity index (χ2n) is 6.74. The predicted octanol–water partition coefficient (Wildman–Crippen LogP) is 3.95. The molecule has 4 nitrogen and oxygen atoms in total. The smallest absolute Gasteiger partial charge is 0.184 e. The summed E-state index contributed by atoms with van der Waals surface area (Å²) in [5, 5.41) is 2.83. The van der Waals surface area contributed by atoms with Crippen LogP contribution < -0.4 is 5.32 Å². The van der Waals surface area contributed by atoms with Crippen LogP contribution in [0, 0.1) is 5.92 Å². The van der Waals surface area contributed by atoms with Gasteiger partial charge in [0.1, 0.15) is 11.2 Å². The Bertz CT molecular complexity index is 557. The number of aryl methyl sites for hydroxylation is 1. The van der Waals surface area contributed by atoms with Gasteiger partial charge in [-0.15, -0.1) is 0 Å². The van der Waals surface area contributed by atoms with Crippen molar-refractivity contribution in [3.63, 3.8) is 0 Å². The number of rotatable bonds is 8. The van der Waals surface area contributed by atoms with E-state index in [2.05, 4.69) is 12.2 Å². The van der Waals surface area contributed by atoms with E-state index in [0.29, 0.717) is 11.3 Å². The second kappa shape index (κ2) is 8.88. The van der Waals surface area contributed by atoms with Crippen LogP contribution in [0.25, 0.3) is 0 Å². The maximum atomic E-state index is 13.3. The Morgan fingerprint density at radius 3 is 2.52 bits per heavy atom. The van der Waals surface area contributed by atoms with Crippen molar-refractivity contribution in [2.24, 2.45) is 5.92 Å². The van der Waals surface area contributed by atoms with Crippen LogP contribution in [-0.4, -0.2) is 27.3 Å². The highest BCUT2D eigenvalue weighted by Gasteiger charge is 2.36. The van der Waals surface area contributed by atoms with Gasteiger partial charge < -0.3 is 9.73 Å². The molecule has 132 valence electrons. The van der Waals surface area contributed by atoms with Crippen molar-refractivity contribution in [1.29, 1.82) is 0 Å². The number of hydrogen-bond donors (Lipinski definition) is 1. The molecule has 1 N–H and O–H groups in total. The molecule has 1 heterocycles. The molecule has 1 fully saturated rings. The fourth-order valence-electron chi connectivity index (χ4n) is 3.79. The van der Waals surface area contributed by atoms with E-state index in [1.807, 2.05) is 7.05 Å². The molecule has 0 radical (unpaired) electrons. The van der Waals surface area contributed by atoms with Crippen LogP contribution in [0.3, 0.4) is 0 Å². The van der Waals surface area contributed by atoms with Crippen LogP contribution in [-0.2, 0) is 16.3 Å². The van der Waals surface area contributed by atoms with E-state index in [4.69, 9.17) is 4.42 Å². The highest BCUT2D eigenvalue weighted by atomic mass is 32.2. The highest BCUT2D eigenvalue weighted by Crippen LogP contribution is 2.35. The van der Waals surface area contributed by atoms with Gasteiger partial charge in [-0.1, -0.05) is 39.0 Å². The molecule has 23 heavy (non-hydrogen) atoms. The average molecular weight is 342 g/mol. The van der Waals surface area contributed by atoms with Crippen LogP contribution in [0.1, 0.15) is 63.9 Å². The summed E-state index contributed by atoms with van der Waals surface area (Å²) in [6.07, 6.45) is 12.3. The number of sulfone groups is 1. The zero-order valence-corrected chi connectivity index (χ0v) is 15.3. The lowest BCUT2D eigenvalue weighted by molar-refractivity contribution is 0.406. The molecule has 0 aliphatic heterocycles. The van der Waals surface area contributed by atoms with Crippen molar-refractivity contribution in [1.82, 2.24) is 5.32 Å². The minimum Gasteiger partial charge on any atom is -0.471 e. The monoisotopic (exact) mass is 341 g/mol. The van der Waals surface area contributed by atoms with E-state index < -0.39 is 9.84 Å². The summed E-state index contributed by atoms with van der Waals surface area (Å²) in [6, 6.07) is 0. The number of furan rings is 1. The fourth-order valence-corrected chi connectivity index (χ4v) is 6.03. The molecular weight excluding hydrogens is 310 g/mol. The lowest BCUT2D eigenvalue weighted by atomic mass is 9.94. The third-order valence-corrected chi connectivity index (χ3v) is 7.42. The van der Waals surface area contributed by atoms with Gasteiger partial charge in [0.2, 0.25) is 0 Å². The van der Waals surface area contributed by atoms with E-state index in [-0.39, 0.29) is 11.2 Å². The van der Waals surface area contributed by atoms with Crippen molar-refractivity contribution in [2.45, 2.75) is 74.9 Å². The summed E-state index contributed by atoms with van der Waals surface area (Å²) in [6.45, 7) is 2.80. The first-order valence-electron chi connectivity index (χ1n) is 9.04. The first-order valence-corrected chi connectivity index (χ1v) is 10.6. The van der Waals surface area contributed by atoms with E-state index in [1.54, 1.807) is 6.26 Å². The van der Waals surface area contributed by atoms with Crippen LogP contribution >= 0.6 is 0 Å². The van der Waals surface area contributed by atoms with Gasteiger partial charge in [0.15, 0.2) is 9.84 Å². The number of nitrogens with one attached hydrogen (secondary N) is 1. The summed E-state index contributed by atoms with van der Waals surface area (Å²) in [5.74, 6) is 0.278. The van der Waals surface area contributed by atoms with Gasteiger partial charge in [-0.25, -0.2) is 8.42 Å². The van der Waals surface area contributed by atoms with Crippen molar-refractivity contribution in [2.75, 3.05) is 13.6 Å². The largest absolute Gasteiger partial charge is 0.471 e. The second-order valence-corrected chi connectivity index (χ2v) is 8.87. The van der Waals surface area contributed by atoms with Gasteiger partial charge in [0.05, 0.1) is 11.5 Å². The molecule has 1 aliphatic rings. The van der Waals surface area contributed by atoms with E-state index in [9.17, 15) is 8.42 Å². The first-order chi connectivity index (χ1) is 11.1. The molecule has 1 atom stereocenters. The van der Waals surface area contributed by atoms with Gasteiger partial charge in [0.25, 0.3) is 0 Å². The molecule has 2 rings (SSSR count). The summed E-state index contributed by atoms with van der Waals surface area (Å²) < 4.78 is 31.9. The highest BCUT2D eigenvalue weighted by molar-refractivity contribution is 7.92. The van der Waals surface area contributed by atoms with Crippen LogP contribution in [0.15, 0.2) is 21.8 Å². The average Bonchev–Trinajstić information content (AvgIpc) is 2.84. The Kier molecular flexibility index (Phi) is 7.15. The van der Waals surface area contributed by atoms with E-state index in [1.165, 1.54) is 19.1 Å². The Labute approximate surface area is 141 Å². The van der Waals surface area contributed by atoms with Crippen molar-refractivity contribution < 1.29 is 12.8 Å². The van der Waals surface area contributed by atoms with Crippen LogP contribution in [0.2, 0.25) is 0 Å². The molecule has 1 aromatic rings. The third-order valence-electron chi connectivity index (χ3n) is 5.03. The normalized spacial score (nSPS) is 18.7. The summed E-state index contributed by atoms with van der Waals surface area (Å²) in [5.41, 5.74) is 0.843. The quantitative estimate of drug-likeness (QED) is 0.727. The standard InChI is InChI=1S/C18H31NO3S/c1-3-8-16-13-22-14-18(16)23(20,21)17(11-12-19-2)15-9-6-4-5-7-10-15/h13-15,17,19H,3-12H2,1-2H3. The Morgan fingerprint density at radius 2 is 1.91 bits per heavy atom. The maximum Gasteiger partial charge on any atom is 0.184 e. The summed E-state index contributed by atoms with van der Waals surface area (Å²) in [4.78, 5) is 0.435.